The third-order valence-corrected chi connectivity index (χ3v) is 4.30. The van der Waals surface area contributed by atoms with Gasteiger partial charge in [0.2, 0.25) is 0 Å². The molecule has 0 saturated heterocycles. The van der Waals surface area contributed by atoms with E-state index in [-0.39, 0.29) is 18.5 Å². The number of carbonyl (C=O) groups excluding carboxylic acids is 1. The van der Waals surface area contributed by atoms with Crippen LogP contribution >= 0.6 is 15.9 Å². The van der Waals surface area contributed by atoms with Gasteiger partial charge in [-0.3, -0.25) is 9.59 Å². The van der Waals surface area contributed by atoms with Crippen molar-refractivity contribution in [3.8, 4) is 0 Å². The second-order valence-electron chi connectivity index (χ2n) is 4.88. The van der Waals surface area contributed by atoms with Crippen molar-refractivity contribution < 1.29 is 14.7 Å². The smallest absolute Gasteiger partial charge is 0.323 e. The molecule has 5 heteroatoms. The molecule has 1 amide bonds. The molecule has 18 heavy (non-hydrogen) atoms. The fourth-order valence-corrected chi connectivity index (χ4v) is 3.21. The molecule has 0 aromatic heterocycles. The van der Waals surface area contributed by atoms with Crippen molar-refractivity contribution in [2.75, 3.05) is 6.54 Å². The summed E-state index contributed by atoms with van der Waals surface area (Å²) >= 11 is 3.42. The van der Waals surface area contributed by atoms with Crippen LogP contribution < -0.4 is 0 Å². The maximum atomic E-state index is 12.4. The molecule has 0 unspecified atom stereocenters. The summed E-state index contributed by atoms with van der Waals surface area (Å²) in [5.74, 6) is -0.706. The number of aliphatic carboxylic acids is 1. The van der Waals surface area contributed by atoms with Crippen LogP contribution in [0.4, 0.5) is 0 Å². The molecule has 1 N–H and O–H groups in total. The van der Waals surface area contributed by atoms with Crippen molar-refractivity contribution in [2.24, 2.45) is 0 Å². The Kier molecular flexibility index (Phi) is 2.66. The summed E-state index contributed by atoms with van der Waals surface area (Å²) in [7, 11) is 0. The highest BCUT2D eigenvalue weighted by Gasteiger charge is 2.43. The van der Waals surface area contributed by atoms with Gasteiger partial charge in [0.1, 0.15) is 6.54 Å². The molecular weight excluding hydrogens is 298 g/mol. The van der Waals surface area contributed by atoms with Gasteiger partial charge >= 0.3 is 5.97 Å². The lowest BCUT2D eigenvalue weighted by atomic mass is 9.76. The van der Waals surface area contributed by atoms with Crippen LogP contribution in [-0.2, 0) is 4.79 Å². The average molecular weight is 310 g/mol. The normalized spacial score (nSPS) is 25.2. The highest BCUT2D eigenvalue weighted by molar-refractivity contribution is 9.10. The molecule has 1 aliphatic carbocycles. The highest BCUT2D eigenvalue weighted by Crippen LogP contribution is 2.45. The van der Waals surface area contributed by atoms with E-state index in [2.05, 4.69) is 15.9 Å². The van der Waals surface area contributed by atoms with Crippen LogP contribution in [-0.4, -0.2) is 34.5 Å². The van der Waals surface area contributed by atoms with E-state index in [0.29, 0.717) is 11.5 Å². The predicted octanol–water partition coefficient (Wildman–Crippen LogP) is 2.24. The van der Waals surface area contributed by atoms with Crippen LogP contribution in [0, 0.1) is 0 Å². The Morgan fingerprint density at radius 1 is 1.44 bits per heavy atom. The van der Waals surface area contributed by atoms with Crippen molar-refractivity contribution in [3.05, 3.63) is 33.8 Å². The van der Waals surface area contributed by atoms with Crippen LogP contribution in [0.5, 0.6) is 0 Å². The SMILES string of the molecule is O=C(O)CN1C(=O)c2ccc(Br)cc2C2CC1C2. The lowest BCUT2D eigenvalue weighted by Gasteiger charge is -2.38. The maximum Gasteiger partial charge on any atom is 0.323 e. The molecule has 0 spiro atoms. The Labute approximate surface area is 113 Å². The van der Waals surface area contributed by atoms with Crippen molar-refractivity contribution >= 4 is 27.8 Å². The zero-order chi connectivity index (χ0) is 12.9. The number of carboxylic acids is 1. The Morgan fingerprint density at radius 2 is 2.17 bits per heavy atom. The number of rotatable bonds is 2. The molecule has 1 aromatic carbocycles. The van der Waals surface area contributed by atoms with Crippen LogP contribution in [0.3, 0.4) is 0 Å². The third-order valence-electron chi connectivity index (χ3n) is 3.80. The summed E-state index contributed by atoms with van der Waals surface area (Å²) in [5, 5.41) is 8.90. The Hall–Kier alpha value is -1.36. The largest absolute Gasteiger partial charge is 0.480 e. The van der Waals surface area contributed by atoms with Gasteiger partial charge in [0.05, 0.1) is 0 Å². The highest BCUT2D eigenvalue weighted by atomic mass is 79.9. The van der Waals surface area contributed by atoms with Crippen LogP contribution in [0.1, 0.15) is 34.7 Å². The number of hydrogen-bond donors (Lipinski definition) is 1. The molecule has 3 aliphatic rings. The molecule has 1 saturated carbocycles. The number of benzene rings is 1. The summed E-state index contributed by atoms with van der Waals surface area (Å²) < 4.78 is 0.962. The molecule has 2 bridgehead atoms. The van der Waals surface area contributed by atoms with E-state index in [9.17, 15) is 9.59 Å². The van der Waals surface area contributed by atoms with Gasteiger partial charge in [-0.25, -0.2) is 0 Å². The van der Waals surface area contributed by atoms with E-state index in [0.717, 1.165) is 22.9 Å². The Bertz CT molecular complexity index is 537. The minimum Gasteiger partial charge on any atom is -0.480 e. The lowest BCUT2D eigenvalue weighted by Crippen LogP contribution is -2.46. The lowest BCUT2D eigenvalue weighted by molar-refractivity contribution is -0.138. The number of hydrogen-bond acceptors (Lipinski definition) is 2. The number of nitrogens with zero attached hydrogens (tertiary/aromatic N) is 1. The molecule has 94 valence electrons. The standard InChI is InChI=1S/C13H12BrNO3/c14-8-1-2-10-11(5-8)7-3-9(4-7)15(13(10)18)6-12(16)17/h1-2,5,7,9H,3-4,6H2,(H,16,17). The van der Waals surface area contributed by atoms with Crippen LogP contribution in [0.25, 0.3) is 0 Å². The van der Waals surface area contributed by atoms with Crippen molar-refractivity contribution in [1.29, 1.82) is 0 Å². The second kappa shape index (κ2) is 4.09. The van der Waals surface area contributed by atoms with Gasteiger partial charge in [-0.05, 0) is 42.5 Å². The summed E-state index contributed by atoms with van der Waals surface area (Å²) in [6.45, 7) is -0.203. The fraction of sp³-hybridized carbons (Fsp3) is 0.385. The van der Waals surface area contributed by atoms with Crippen molar-refractivity contribution in [3.63, 3.8) is 0 Å². The van der Waals surface area contributed by atoms with E-state index < -0.39 is 5.97 Å². The van der Waals surface area contributed by atoms with E-state index >= 15 is 0 Å². The first-order valence-corrected chi connectivity index (χ1v) is 6.68. The zero-order valence-corrected chi connectivity index (χ0v) is 11.2. The molecule has 1 fully saturated rings. The van der Waals surface area contributed by atoms with Gasteiger partial charge in [0, 0.05) is 16.1 Å². The molecule has 0 radical (unpaired) electrons. The summed E-state index contributed by atoms with van der Waals surface area (Å²) in [4.78, 5) is 24.7. The first kappa shape index (κ1) is 11.7. The first-order valence-electron chi connectivity index (χ1n) is 5.88. The molecule has 4 rings (SSSR count). The third kappa shape index (κ3) is 1.73. The monoisotopic (exact) mass is 309 g/mol. The number of carbonyl (C=O) groups is 2. The minimum atomic E-state index is -0.952. The molecule has 2 heterocycles. The molecule has 0 atom stereocenters. The van der Waals surface area contributed by atoms with Crippen LogP contribution in [0.2, 0.25) is 0 Å². The first-order chi connectivity index (χ1) is 8.56. The Morgan fingerprint density at radius 3 is 2.83 bits per heavy atom. The molecule has 2 aliphatic heterocycles. The number of halogens is 1. The number of carboxylic acid groups (broad SMARTS) is 1. The van der Waals surface area contributed by atoms with Crippen LogP contribution in [0.15, 0.2) is 22.7 Å². The molecule has 4 nitrogen and oxygen atoms in total. The van der Waals surface area contributed by atoms with Gasteiger partial charge in [-0.2, -0.15) is 0 Å². The second-order valence-corrected chi connectivity index (χ2v) is 5.80. The van der Waals surface area contributed by atoms with Gasteiger partial charge < -0.3 is 10.0 Å². The van der Waals surface area contributed by atoms with E-state index in [4.69, 9.17) is 5.11 Å². The van der Waals surface area contributed by atoms with Gasteiger partial charge in [0.25, 0.3) is 5.91 Å². The number of amides is 1. The Balaban J connectivity index is 2.03. The van der Waals surface area contributed by atoms with E-state index in [1.807, 2.05) is 12.1 Å². The van der Waals surface area contributed by atoms with E-state index in [1.54, 1.807) is 6.07 Å². The minimum absolute atomic E-state index is 0.0878. The molecule has 1 aromatic rings. The van der Waals surface area contributed by atoms with Gasteiger partial charge in [-0.15, -0.1) is 0 Å². The maximum absolute atomic E-state index is 12.4. The van der Waals surface area contributed by atoms with Gasteiger partial charge in [-0.1, -0.05) is 15.9 Å². The summed E-state index contributed by atoms with van der Waals surface area (Å²) in [6, 6.07) is 5.69. The van der Waals surface area contributed by atoms with Crippen molar-refractivity contribution in [1.82, 2.24) is 4.90 Å². The summed E-state index contributed by atoms with van der Waals surface area (Å²) in [5.41, 5.74) is 1.71. The summed E-state index contributed by atoms with van der Waals surface area (Å²) in [6.07, 6.45) is 1.75. The van der Waals surface area contributed by atoms with Gasteiger partial charge in [0.15, 0.2) is 0 Å². The predicted molar refractivity (Wildman–Crippen MR) is 68.6 cm³/mol. The topological polar surface area (TPSA) is 57.6 Å². The number of fused-ring (bicyclic) bond motifs is 1. The average Bonchev–Trinajstić information content (AvgIpc) is 2.40. The zero-order valence-electron chi connectivity index (χ0n) is 9.60. The van der Waals surface area contributed by atoms with Crippen molar-refractivity contribution in [2.45, 2.75) is 24.8 Å². The fourth-order valence-electron chi connectivity index (χ4n) is 2.83. The quantitative estimate of drug-likeness (QED) is 0.911. The van der Waals surface area contributed by atoms with E-state index in [1.165, 1.54) is 4.90 Å². The molecular formula is C13H12BrNO3.